The van der Waals surface area contributed by atoms with Gasteiger partial charge in [-0.3, -0.25) is 0 Å². The molecule has 0 aromatic heterocycles. The number of amides is 1. The van der Waals surface area contributed by atoms with Crippen LogP contribution in [0.25, 0.3) is 0 Å². The van der Waals surface area contributed by atoms with Crippen LogP contribution in [-0.4, -0.2) is 100 Å². The van der Waals surface area contributed by atoms with Crippen molar-refractivity contribution in [2.75, 3.05) is 19.6 Å². The van der Waals surface area contributed by atoms with E-state index in [1.807, 2.05) is 58.0 Å². The van der Waals surface area contributed by atoms with Crippen molar-refractivity contribution < 1.29 is 65.6 Å². The molecule has 0 spiro atoms. The van der Waals surface area contributed by atoms with Crippen LogP contribution in [0.3, 0.4) is 0 Å². The van der Waals surface area contributed by atoms with Crippen molar-refractivity contribution in [2.45, 2.75) is 122 Å². The number of ether oxygens (including phenoxy) is 1. The van der Waals surface area contributed by atoms with E-state index in [2.05, 4.69) is 52.6 Å². The zero-order valence-corrected chi connectivity index (χ0v) is 36.3. The smallest absolute Gasteiger partial charge is 0.445 e. The molecule has 3 saturated heterocycles. The van der Waals surface area contributed by atoms with Gasteiger partial charge >= 0.3 is 35.8 Å². The van der Waals surface area contributed by atoms with Crippen LogP contribution in [0.1, 0.15) is 78.7 Å². The van der Waals surface area contributed by atoms with Crippen molar-refractivity contribution in [1.82, 2.24) is 10.2 Å². The highest BCUT2D eigenvalue weighted by atomic mass is 79.9. The summed E-state index contributed by atoms with van der Waals surface area (Å²) in [5.74, 6) is 0. The highest BCUT2D eigenvalue weighted by molar-refractivity contribution is 9.69. The van der Waals surface area contributed by atoms with Gasteiger partial charge in [0, 0.05) is 24.5 Å². The van der Waals surface area contributed by atoms with Crippen molar-refractivity contribution in [3.63, 3.8) is 0 Å². The first-order chi connectivity index (χ1) is 25.6. The highest BCUT2D eigenvalue weighted by Gasteiger charge is 2.54. The van der Waals surface area contributed by atoms with E-state index in [1.54, 1.807) is 6.92 Å². The fourth-order valence-electron chi connectivity index (χ4n) is 6.42. The lowest BCUT2D eigenvalue weighted by Crippen LogP contribution is -2.44. The van der Waals surface area contributed by atoms with Gasteiger partial charge in [0.25, 0.3) is 0 Å². The van der Waals surface area contributed by atoms with Crippen LogP contribution in [-0.2, 0) is 39.8 Å². The first-order valence-electron chi connectivity index (χ1n) is 17.5. The van der Waals surface area contributed by atoms with Gasteiger partial charge in [0.15, 0.2) is 0 Å². The van der Waals surface area contributed by atoms with Gasteiger partial charge < -0.3 is 34.3 Å². The van der Waals surface area contributed by atoms with Crippen molar-refractivity contribution >= 4 is 83.1 Å². The summed E-state index contributed by atoms with van der Waals surface area (Å²) in [6, 6.07) is 8.73. The Morgan fingerprint density at radius 1 is 0.964 bits per heavy atom. The van der Waals surface area contributed by atoms with Gasteiger partial charge in [0.2, 0.25) is 12.9 Å². The van der Waals surface area contributed by atoms with Crippen molar-refractivity contribution in [1.29, 1.82) is 0 Å². The number of hydrogen-bond acceptors (Lipinski definition) is 11. The van der Waals surface area contributed by atoms with Gasteiger partial charge in [-0.2, -0.15) is 19.2 Å². The van der Waals surface area contributed by atoms with Gasteiger partial charge in [-0.05, 0) is 85.1 Å². The van der Waals surface area contributed by atoms with E-state index in [0.717, 1.165) is 5.56 Å². The van der Waals surface area contributed by atoms with Gasteiger partial charge in [0.1, 0.15) is 6.61 Å². The number of alkyl halides is 4. The zero-order chi connectivity index (χ0) is 42.5. The van der Waals surface area contributed by atoms with Crippen molar-refractivity contribution in [3.8, 4) is 0 Å². The Bertz CT molecular complexity index is 1280. The summed E-state index contributed by atoms with van der Waals surface area (Å²) in [5, 5.41) is 20.1. The molecule has 0 unspecified atom stereocenters. The molecule has 3 heterocycles. The van der Waals surface area contributed by atoms with Gasteiger partial charge in [-0.25, -0.2) is 22.4 Å². The average Bonchev–Trinajstić information content (AvgIpc) is 3.75. The van der Waals surface area contributed by atoms with Crippen molar-refractivity contribution in [3.05, 3.63) is 35.9 Å². The lowest BCUT2D eigenvalue weighted by atomic mass is 9.73. The first kappa shape index (κ1) is 53.4. The average molecular weight is 983 g/mol. The van der Waals surface area contributed by atoms with E-state index in [1.165, 1.54) is 4.90 Å². The molecule has 22 heteroatoms. The third-order valence-electron chi connectivity index (χ3n) is 10.3. The van der Waals surface area contributed by atoms with E-state index in [-0.39, 0.29) is 41.4 Å². The second kappa shape index (κ2) is 26.4. The first-order valence-corrected chi connectivity index (χ1v) is 20.2. The molecule has 12 nitrogen and oxygen atoms in total. The minimum Gasteiger partial charge on any atom is -0.445 e. The number of halogens is 7. The molecule has 3 aliphatic rings. The van der Waals surface area contributed by atoms with E-state index < -0.39 is 61.3 Å². The third kappa shape index (κ3) is 18.3. The minimum atomic E-state index is -2.52. The molecule has 1 aromatic carbocycles. The number of carbonyl (C=O) groups excluding carboxylic acids is 5. The monoisotopic (exact) mass is 980 g/mol. The van der Waals surface area contributed by atoms with Crippen molar-refractivity contribution in [2.24, 2.45) is 10.8 Å². The Morgan fingerprint density at radius 3 is 1.93 bits per heavy atom. The van der Waals surface area contributed by atoms with Crippen LogP contribution < -0.4 is 5.32 Å². The Kier molecular flexibility index (Phi) is 25.6. The summed E-state index contributed by atoms with van der Waals surface area (Å²) in [7, 11) is -1.78. The predicted molar refractivity (Wildman–Crippen MR) is 209 cm³/mol. The molecule has 0 bridgehead atoms. The number of nitrogens with zero attached hydrogens (tertiary/aromatic N) is 1. The highest BCUT2D eigenvalue weighted by Crippen LogP contribution is 2.47. The van der Waals surface area contributed by atoms with Crippen LogP contribution in [0, 0.1) is 10.8 Å². The van der Waals surface area contributed by atoms with Crippen LogP contribution in [0.2, 0.25) is 12.6 Å². The van der Waals surface area contributed by atoms with Crippen LogP contribution in [0.4, 0.5) is 22.4 Å². The lowest BCUT2D eigenvalue weighted by molar-refractivity contribution is -0.193. The van der Waals surface area contributed by atoms with Gasteiger partial charge in [-0.15, -0.1) is 47.3 Å². The number of carbonyl (C=O) groups is 1. The number of nitrogens with one attached hydrogen (secondary N) is 1. The summed E-state index contributed by atoms with van der Waals surface area (Å²) in [4.78, 5) is 46.5. The molecule has 0 radical (unpaired) electrons. The lowest BCUT2D eigenvalue weighted by Gasteiger charge is -2.35. The van der Waals surface area contributed by atoms with Gasteiger partial charge in [0.05, 0.1) is 16.6 Å². The second-order valence-corrected chi connectivity index (χ2v) is 20.6. The fraction of sp³-hybridized carbons (Fsp3) is 0.727. The molecule has 3 atom stereocenters. The normalized spacial score (nSPS) is 23.0. The molecule has 310 valence electrons. The minimum absolute atomic E-state index is 0.131. The van der Waals surface area contributed by atoms with E-state index in [4.69, 9.17) is 43.3 Å². The summed E-state index contributed by atoms with van der Waals surface area (Å²) in [6.45, 7) is 11.0. The molecular weight excluding hydrogens is 933 g/mol. The molecule has 3 N–H and O–H groups in total. The van der Waals surface area contributed by atoms with E-state index >= 15 is 0 Å². The molecule has 55 heavy (non-hydrogen) atoms. The third-order valence-corrected chi connectivity index (χ3v) is 10.3. The largest absolute Gasteiger partial charge is 0.457 e. The topological polar surface area (TPSA) is 169 Å². The Morgan fingerprint density at radius 2 is 1.49 bits per heavy atom. The van der Waals surface area contributed by atoms with Crippen LogP contribution >= 0.6 is 47.3 Å². The molecule has 3 fully saturated rings. The maximum Gasteiger partial charge on any atom is 0.457 e. The molecule has 3 aliphatic heterocycles. The molecule has 0 saturated carbocycles. The standard InChI is InChI=1S/C23H34BF2NO4.C8H16BF2NO2.2CO2.BBr3/c1-17-23(19(25)26,12-9-14-24-30-21(2,3)22(4,5)31-24)13-15-27(17)20(28)29-16-18-10-7-6-8-11-18;10-7(11)8(3-5-12-6-8)2-1-4-9(13)14;2*2-1-3;2-1(3)4/h6-8,10-11,17,19H,9,12-16H2,1-5H3;7,12-14H,1-6H2;;;/t17-,23+;8-;;;/m10.../s1. The molecule has 4 rings (SSSR count). The second-order valence-electron chi connectivity index (χ2n) is 14.1. The molecular formula is C33H50B3Br3F4N2O10. The fourth-order valence-corrected chi connectivity index (χ4v) is 6.42. The zero-order valence-electron chi connectivity index (χ0n) is 31.6. The van der Waals surface area contributed by atoms with Crippen LogP contribution in [0.15, 0.2) is 30.3 Å². The summed E-state index contributed by atoms with van der Waals surface area (Å²) in [6.07, 6.45) is -1.79. The summed E-state index contributed by atoms with van der Waals surface area (Å²) < 4.78 is 71.6. The SMILES string of the molecule is BrB(Br)Br.C[C@H]1N(C(=O)OCc2ccccc2)CC[C@]1(CCCB1OC(C)(C)C(C)(C)O1)C(F)F.O=C=O.O=C=O.OB(O)CCC[C@]1(C(F)F)CCNC1. The maximum absolute atomic E-state index is 14.2. The molecule has 0 aliphatic carbocycles. The Balaban J connectivity index is 0.00000100. The Hall–Kier alpha value is -1.60. The molecule has 1 amide bonds. The van der Waals surface area contributed by atoms with Gasteiger partial charge in [-0.1, -0.05) is 43.2 Å². The number of benzene rings is 1. The summed E-state index contributed by atoms with van der Waals surface area (Å²) in [5.41, 5.74) is -2.18. The molecule has 1 aromatic rings. The van der Waals surface area contributed by atoms with E-state index in [9.17, 15) is 22.4 Å². The predicted octanol–water partition coefficient (Wildman–Crippen LogP) is 7.01. The number of likely N-dealkylation sites (tertiary alicyclic amines) is 1. The number of hydrogen-bond donors (Lipinski definition) is 3. The Labute approximate surface area is 346 Å². The summed E-state index contributed by atoms with van der Waals surface area (Å²) >= 11 is 9.31. The van der Waals surface area contributed by atoms with Crippen LogP contribution in [0.5, 0.6) is 0 Å². The maximum atomic E-state index is 14.2. The van der Waals surface area contributed by atoms with E-state index in [0.29, 0.717) is 51.5 Å². The number of rotatable bonds is 12. The quantitative estimate of drug-likeness (QED) is 0.146.